The summed E-state index contributed by atoms with van der Waals surface area (Å²) in [6.07, 6.45) is 3.11. The van der Waals surface area contributed by atoms with Crippen molar-refractivity contribution in [2.45, 2.75) is 67.0 Å². The Morgan fingerprint density at radius 2 is 1.71 bits per heavy atom. The highest BCUT2D eigenvalue weighted by molar-refractivity contribution is 8.45. The van der Waals surface area contributed by atoms with Gasteiger partial charge in [0.25, 0.3) is 5.91 Å². The van der Waals surface area contributed by atoms with E-state index >= 15 is 0 Å². The zero-order valence-corrected chi connectivity index (χ0v) is 22.6. The zero-order chi connectivity index (χ0) is 30.8. The molecule has 0 unspecified atom stereocenters. The first kappa shape index (κ1) is 29.9. The number of carbonyl (C=O) groups is 2. The Balaban J connectivity index is 1.61. The Labute approximate surface area is 235 Å². The van der Waals surface area contributed by atoms with Crippen molar-refractivity contribution in [3.63, 3.8) is 0 Å². The molecule has 228 valence electrons. The van der Waals surface area contributed by atoms with Crippen LogP contribution in [0.4, 0.5) is 38.3 Å². The van der Waals surface area contributed by atoms with E-state index < -0.39 is 74.8 Å². The second-order valence-corrected chi connectivity index (χ2v) is 13.4. The molecule has 3 aliphatic rings. The molecule has 1 aliphatic heterocycles. The smallest absolute Gasteiger partial charge is 0.310 e. The molecular formula is C26H25F8N5O2S. The summed E-state index contributed by atoms with van der Waals surface area (Å²) in [6, 6.07) is -0.337. The van der Waals surface area contributed by atoms with E-state index in [0.717, 1.165) is 23.4 Å². The van der Waals surface area contributed by atoms with Gasteiger partial charge in [0.2, 0.25) is 11.8 Å². The van der Waals surface area contributed by atoms with Crippen molar-refractivity contribution in [3.05, 3.63) is 54.1 Å². The number of halogens is 8. The Kier molecular flexibility index (Phi) is 6.54. The molecule has 16 heteroatoms. The second kappa shape index (κ2) is 9.19. The molecule has 2 amide bonds. The molecule has 5 rings (SSSR count). The lowest BCUT2D eigenvalue weighted by Crippen LogP contribution is -2.54. The minimum atomic E-state index is -10.1. The predicted molar refractivity (Wildman–Crippen MR) is 135 cm³/mol. The SMILES string of the molecule is N#CN1CC[C@H]2C[C@]21C(=O)N(c1ccc(S(F)(F)(F)(F)F)cc1)[C@@H](C(=O)NC1CCC(F)(F)CC1)c1cncc(F)c1. The Bertz CT molecular complexity index is 1460. The lowest BCUT2D eigenvalue weighted by Gasteiger charge is -2.41. The van der Waals surface area contributed by atoms with Crippen LogP contribution < -0.4 is 10.2 Å². The van der Waals surface area contributed by atoms with Crippen molar-refractivity contribution >= 4 is 27.7 Å². The van der Waals surface area contributed by atoms with Crippen LogP contribution in [0.5, 0.6) is 0 Å². The van der Waals surface area contributed by atoms with Gasteiger partial charge in [0.1, 0.15) is 22.3 Å². The average Bonchev–Trinajstić information content (AvgIpc) is 3.52. The van der Waals surface area contributed by atoms with Crippen molar-refractivity contribution in [3.8, 4) is 6.19 Å². The molecule has 7 nitrogen and oxygen atoms in total. The number of alkyl halides is 2. The van der Waals surface area contributed by atoms with E-state index in [1.54, 1.807) is 0 Å². The lowest BCUT2D eigenvalue weighted by molar-refractivity contribution is -0.130. The molecule has 0 radical (unpaired) electrons. The predicted octanol–water partition coefficient (Wildman–Crippen LogP) is 6.59. The highest BCUT2D eigenvalue weighted by atomic mass is 32.5. The van der Waals surface area contributed by atoms with E-state index in [-0.39, 0.29) is 49.4 Å². The van der Waals surface area contributed by atoms with Crippen molar-refractivity contribution in [2.24, 2.45) is 5.92 Å². The van der Waals surface area contributed by atoms with E-state index in [0.29, 0.717) is 18.6 Å². The number of nitrogens with one attached hydrogen (secondary N) is 1. The van der Waals surface area contributed by atoms with Crippen LogP contribution in [0.2, 0.25) is 0 Å². The summed E-state index contributed by atoms with van der Waals surface area (Å²) >= 11 is 0. The number of amides is 2. The molecule has 1 saturated heterocycles. The van der Waals surface area contributed by atoms with Crippen molar-refractivity contribution in [1.29, 1.82) is 5.26 Å². The summed E-state index contributed by atoms with van der Waals surface area (Å²) in [4.78, 5) is 31.5. The van der Waals surface area contributed by atoms with E-state index in [4.69, 9.17) is 0 Å². The van der Waals surface area contributed by atoms with Gasteiger partial charge >= 0.3 is 10.2 Å². The van der Waals surface area contributed by atoms with Crippen LogP contribution >= 0.6 is 10.2 Å². The number of carbonyl (C=O) groups excluding carboxylic acids is 2. The number of hydrogen-bond donors (Lipinski definition) is 1. The number of piperidine rings is 1. The van der Waals surface area contributed by atoms with Gasteiger partial charge in [-0.3, -0.25) is 24.4 Å². The molecule has 1 aromatic carbocycles. The number of rotatable bonds is 7. The fourth-order valence-corrected chi connectivity index (χ4v) is 6.56. The first-order valence-electron chi connectivity index (χ1n) is 13.0. The fourth-order valence-electron chi connectivity index (χ4n) is 5.91. The Hall–Kier alpha value is -3.61. The molecule has 3 fully saturated rings. The summed E-state index contributed by atoms with van der Waals surface area (Å²) in [7, 11) is -10.1. The minimum Gasteiger partial charge on any atom is -0.351 e. The molecule has 2 saturated carbocycles. The number of benzene rings is 1. The lowest BCUT2D eigenvalue weighted by atomic mass is 9.91. The van der Waals surface area contributed by atoms with Gasteiger partial charge in [-0.1, -0.05) is 19.4 Å². The molecule has 0 bridgehead atoms. The summed E-state index contributed by atoms with van der Waals surface area (Å²) < 4.78 is 109. The number of nitriles is 1. The number of likely N-dealkylation sites (tertiary alicyclic amines) is 1. The van der Waals surface area contributed by atoms with Gasteiger partial charge in [-0.25, -0.2) is 13.2 Å². The van der Waals surface area contributed by atoms with Crippen LogP contribution in [0.25, 0.3) is 0 Å². The summed E-state index contributed by atoms with van der Waals surface area (Å²) in [6.45, 7) is 0.193. The fraction of sp³-hybridized carbons (Fsp3) is 0.462. The monoisotopic (exact) mass is 623 g/mol. The number of aromatic nitrogens is 1. The first-order valence-corrected chi connectivity index (χ1v) is 14.9. The number of anilines is 1. The standard InChI is InChI=1S/C26H25F8N5O2S/c27-18-11-16(13-36-14-18)22(23(40)37-19-5-8-25(28,29)9-6-19)39(24(41)26-12-17(26)7-10-38(26)15-35)20-1-3-21(4-2-20)42(30,31,32,33)34/h1-4,11,13-14,17,19,22H,5-10,12H2,(H,37,40)/t17-,22+,26+/m0/s1. The largest absolute Gasteiger partial charge is 0.351 e. The molecular weight excluding hydrogens is 598 g/mol. The molecule has 1 aromatic heterocycles. The van der Waals surface area contributed by atoms with Gasteiger partial charge in [0.05, 0.1) is 6.20 Å². The Morgan fingerprint density at radius 3 is 2.26 bits per heavy atom. The van der Waals surface area contributed by atoms with Crippen LogP contribution in [0, 0.1) is 23.2 Å². The quantitative estimate of drug-likeness (QED) is 0.278. The maximum atomic E-state index is 14.3. The third-order valence-electron chi connectivity index (χ3n) is 8.14. The normalized spacial score (nSPS) is 25.8. The molecule has 2 heterocycles. The molecule has 2 aromatic rings. The van der Waals surface area contributed by atoms with Crippen LogP contribution in [-0.4, -0.2) is 45.7 Å². The third kappa shape index (κ3) is 5.58. The number of pyridine rings is 1. The average molecular weight is 624 g/mol. The summed E-state index contributed by atoms with van der Waals surface area (Å²) in [5, 5.41) is 12.3. The summed E-state index contributed by atoms with van der Waals surface area (Å²) in [5.74, 6) is -6.04. The maximum absolute atomic E-state index is 14.3. The number of nitrogens with zero attached hydrogens (tertiary/aromatic N) is 4. The highest BCUT2D eigenvalue weighted by Gasteiger charge is 2.69. The van der Waals surface area contributed by atoms with Crippen LogP contribution in [-0.2, 0) is 9.59 Å². The van der Waals surface area contributed by atoms with Gasteiger partial charge in [-0.15, -0.1) is 0 Å². The van der Waals surface area contributed by atoms with Gasteiger partial charge < -0.3 is 5.32 Å². The van der Waals surface area contributed by atoms with Crippen molar-refractivity contribution in [2.75, 3.05) is 11.4 Å². The molecule has 2 aliphatic carbocycles. The minimum absolute atomic E-state index is 0.0813. The van der Waals surface area contributed by atoms with E-state index in [1.807, 2.05) is 6.19 Å². The van der Waals surface area contributed by atoms with E-state index in [2.05, 4.69) is 10.3 Å². The van der Waals surface area contributed by atoms with Gasteiger partial charge in [-0.05, 0) is 61.9 Å². The molecule has 1 N–H and O–H groups in total. The highest BCUT2D eigenvalue weighted by Crippen LogP contribution is 3.02. The van der Waals surface area contributed by atoms with Crippen LogP contribution in [0.15, 0.2) is 47.6 Å². The van der Waals surface area contributed by atoms with Crippen molar-refractivity contribution in [1.82, 2.24) is 15.2 Å². The Morgan fingerprint density at radius 1 is 1.07 bits per heavy atom. The van der Waals surface area contributed by atoms with E-state index in [9.17, 15) is 47.5 Å². The van der Waals surface area contributed by atoms with Gasteiger partial charge in [-0.2, -0.15) is 5.26 Å². The van der Waals surface area contributed by atoms with Crippen LogP contribution in [0.1, 0.15) is 50.1 Å². The zero-order valence-electron chi connectivity index (χ0n) is 21.8. The van der Waals surface area contributed by atoms with Gasteiger partial charge in [0, 0.05) is 42.9 Å². The maximum Gasteiger partial charge on any atom is 0.310 e. The summed E-state index contributed by atoms with van der Waals surface area (Å²) in [5.41, 5.74) is -2.07. The van der Waals surface area contributed by atoms with E-state index in [1.165, 1.54) is 4.90 Å². The number of hydrogen-bond acceptors (Lipinski definition) is 5. The topological polar surface area (TPSA) is 89.3 Å². The molecule has 0 spiro atoms. The number of fused-ring (bicyclic) bond motifs is 1. The van der Waals surface area contributed by atoms with Gasteiger partial charge in [0.15, 0.2) is 6.19 Å². The first-order chi connectivity index (χ1) is 19.3. The van der Waals surface area contributed by atoms with Crippen LogP contribution in [0.3, 0.4) is 0 Å². The van der Waals surface area contributed by atoms with Crippen molar-refractivity contribution < 1.29 is 42.2 Å². The second-order valence-electron chi connectivity index (χ2n) is 11.0. The molecule has 3 atom stereocenters. The molecule has 42 heavy (non-hydrogen) atoms. The third-order valence-corrected chi connectivity index (χ3v) is 9.30.